The van der Waals surface area contributed by atoms with Crippen LogP contribution in [0.4, 0.5) is 0 Å². The molecule has 0 bridgehead atoms. The third kappa shape index (κ3) is 2.74. The highest BCUT2D eigenvalue weighted by molar-refractivity contribution is 5.48. The summed E-state index contributed by atoms with van der Waals surface area (Å²) in [4.78, 5) is 0. The average molecular weight is 180 g/mol. The first kappa shape index (κ1) is 10.1. The number of rotatable bonds is 3. The van der Waals surface area contributed by atoms with E-state index in [-0.39, 0.29) is 6.61 Å². The first-order valence-corrected chi connectivity index (χ1v) is 4.51. The van der Waals surface area contributed by atoms with Crippen LogP contribution in [0, 0.1) is 12.8 Å². The fourth-order valence-corrected chi connectivity index (χ4v) is 1.11. The zero-order chi connectivity index (χ0) is 9.84. The lowest BCUT2D eigenvalue weighted by atomic mass is 10.0. The molecule has 1 heterocycles. The van der Waals surface area contributed by atoms with Gasteiger partial charge in [-0.3, -0.25) is 0 Å². The van der Waals surface area contributed by atoms with Gasteiger partial charge in [0.15, 0.2) is 0 Å². The van der Waals surface area contributed by atoms with Crippen molar-refractivity contribution < 1.29 is 9.52 Å². The van der Waals surface area contributed by atoms with Gasteiger partial charge in [0.1, 0.15) is 11.5 Å². The Morgan fingerprint density at radius 3 is 2.62 bits per heavy atom. The van der Waals surface area contributed by atoms with Gasteiger partial charge in [-0.1, -0.05) is 13.8 Å². The number of furan rings is 1. The largest absolute Gasteiger partial charge is 0.462 e. The predicted octanol–water partition coefficient (Wildman–Crippen LogP) is 2.62. The molecule has 0 aliphatic rings. The Labute approximate surface area is 78.9 Å². The van der Waals surface area contributed by atoms with Crippen molar-refractivity contribution in [2.24, 2.45) is 5.92 Å². The van der Waals surface area contributed by atoms with E-state index in [2.05, 4.69) is 13.8 Å². The van der Waals surface area contributed by atoms with E-state index in [1.54, 1.807) is 0 Å². The van der Waals surface area contributed by atoms with Crippen LogP contribution in [0.1, 0.15) is 25.4 Å². The molecule has 2 nitrogen and oxygen atoms in total. The molecule has 0 saturated carbocycles. The Bertz CT molecular complexity index is 295. The van der Waals surface area contributed by atoms with Crippen LogP contribution in [-0.2, 0) is 0 Å². The lowest BCUT2D eigenvalue weighted by molar-refractivity contribution is 0.320. The summed E-state index contributed by atoms with van der Waals surface area (Å²) in [6.45, 7) is 6.11. The maximum absolute atomic E-state index is 9.05. The molecular formula is C11H16O2. The fourth-order valence-electron chi connectivity index (χ4n) is 1.11. The molecule has 1 aromatic heterocycles. The molecular weight excluding hydrogens is 164 g/mol. The molecule has 1 rings (SSSR count). The van der Waals surface area contributed by atoms with E-state index in [0.29, 0.717) is 5.92 Å². The number of aliphatic hydroxyl groups is 1. The van der Waals surface area contributed by atoms with E-state index in [9.17, 15) is 0 Å². The van der Waals surface area contributed by atoms with Crippen LogP contribution in [0.5, 0.6) is 0 Å². The van der Waals surface area contributed by atoms with Crippen LogP contribution in [-0.4, -0.2) is 11.7 Å². The van der Waals surface area contributed by atoms with Crippen molar-refractivity contribution >= 4 is 6.08 Å². The van der Waals surface area contributed by atoms with Gasteiger partial charge in [0.05, 0.1) is 6.61 Å². The minimum atomic E-state index is 0.0947. The van der Waals surface area contributed by atoms with Crippen molar-refractivity contribution in [1.29, 1.82) is 0 Å². The van der Waals surface area contributed by atoms with Crippen LogP contribution >= 0.6 is 0 Å². The lowest BCUT2D eigenvalue weighted by Crippen LogP contribution is -1.98. The molecule has 2 heteroatoms. The van der Waals surface area contributed by atoms with Gasteiger partial charge in [-0.15, -0.1) is 0 Å². The Morgan fingerprint density at radius 2 is 2.23 bits per heavy atom. The van der Waals surface area contributed by atoms with Gasteiger partial charge < -0.3 is 9.52 Å². The predicted molar refractivity (Wildman–Crippen MR) is 53.3 cm³/mol. The van der Waals surface area contributed by atoms with Crippen molar-refractivity contribution in [2.45, 2.75) is 20.8 Å². The van der Waals surface area contributed by atoms with E-state index in [1.807, 2.05) is 25.1 Å². The molecule has 13 heavy (non-hydrogen) atoms. The van der Waals surface area contributed by atoms with Crippen molar-refractivity contribution in [3.05, 3.63) is 29.2 Å². The normalized spacial score (nSPS) is 12.5. The molecule has 0 unspecified atom stereocenters. The fraction of sp³-hybridized carbons (Fsp3) is 0.455. The highest BCUT2D eigenvalue weighted by Gasteiger charge is 2.03. The molecule has 1 N–H and O–H groups in total. The second-order valence-corrected chi connectivity index (χ2v) is 3.48. The molecule has 1 aromatic rings. The molecule has 0 atom stereocenters. The molecule has 0 amide bonds. The van der Waals surface area contributed by atoms with E-state index in [1.165, 1.54) is 0 Å². The van der Waals surface area contributed by atoms with Gasteiger partial charge in [-0.2, -0.15) is 0 Å². The maximum Gasteiger partial charge on any atom is 0.127 e. The maximum atomic E-state index is 9.05. The van der Waals surface area contributed by atoms with Crippen LogP contribution in [0.15, 0.2) is 22.1 Å². The molecule has 0 aromatic carbocycles. The number of hydrogen-bond acceptors (Lipinski definition) is 2. The van der Waals surface area contributed by atoms with Crippen LogP contribution < -0.4 is 0 Å². The smallest absolute Gasteiger partial charge is 0.127 e. The van der Waals surface area contributed by atoms with Gasteiger partial charge in [-0.05, 0) is 36.6 Å². The molecule has 0 aliphatic carbocycles. The van der Waals surface area contributed by atoms with Gasteiger partial charge in [0.25, 0.3) is 0 Å². The van der Waals surface area contributed by atoms with Crippen molar-refractivity contribution in [3.8, 4) is 0 Å². The van der Waals surface area contributed by atoms with E-state index >= 15 is 0 Å². The standard InChI is InChI=1S/C11H16O2/c1-8(2)10(7-12)6-11-5-4-9(3)13-11/h4-6,8,12H,7H2,1-3H3/b10-6+. The summed E-state index contributed by atoms with van der Waals surface area (Å²) in [6.07, 6.45) is 1.90. The molecule has 72 valence electrons. The summed E-state index contributed by atoms with van der Waals surface area (Å²) >= 11 is 0. The monoisotopic (exact) mass is 180 g/mol. The highest BCUT2D eigenvalue weighted by atomic mass is 16.3. The Morgan fingerprint density at radius 1 is 1.54 bits per heavy atom. The third-order valence-corrected chi connectivity index (χ3v) is 2.01. The van der Waals surface area contributed by atoms with Gasteiger partial charge >= 0.3 is 0 Å². The number of aliphatic hydroxyl groups excluding tert-OH is 1. The average Bonchev–Trinajstić information content (AvgIpc) is 2.46. The van der Waals surface area contributed by atoms with Crippen LogP contribution in [0.2, 0.25) is 0 Å². The summed E-state index contributed by atoms with van der Waals surface area (Å²) in [5.74, 6) is 2.07. The van der Waals surface area contributed by atoms with E-state index < -0.39 is 0 Å². The Hall–Kier alpha value is -1.02. The summed E-state index contributed by atoms with van der Waals surface area (Å²) in [5.41, 5.74) is 0.995. The molecule has 0 saturated heterocycles. The Kier molecular flexibility index (Phi) is 3.32. The van der Waals surface area contributed by atoms with Gasteiger partial charge in [-0.25, -0.2) is 0 Å². The zero-order valence-electron chi connectivity index (χ0n) is 8.37. The molecule has 0 spiro atoms. The second kappa shape index (κ2) is 4.28. The minimum Gasteiger partial charge on any atom is -0.462 e. The summed E-state index contributed by atoms with van der Waals surface area (Å²) in [7, 11) is 0. The SMILES string of the molecule is Cc1ccc(/C=C(\CO)C(C)C)o1. The van der Waals surface area contributed by atoms with E-state index in [4.69, 9.17) is 9.52 Å². The number of hydrogen-bond donors (Lipinski definition) is 1. The summed E-state index contributed by atoms with van der Waals surface area (Å²) < 4.78 is 5.38. The van der Waals surface area contributed by atoms with Crippen molar-refractivity contribution in [3.63, 3.8) is 0 Å². The topological polar surface area (TPSA) is 33.4 Å². The summed E-state index contributed by atoms with van der Waals surface area (Å²) in [6, 6.07) is 3.83. The molecule has 0 radical (unpaired) electrons. The lowest BCUT2D eigenvalue weighted by Gasteiger charge is -2.06. The molecule has 0 aliphatic heterocycles. The van der Waals surface area contributed by atoms with Crippen molar-refractivity contribution in [2.75, 3.05) is 6.61 Å². The van der Waals surface area contributed by atoms with Crippen LogP contribution in [0.3, 0.4) is 0 Å². The molecule has 0 fully saturated rings. The second-order valence-electron chi connectivity index (χ2n) is 3.48. The van der Waals surface area contributed by atoms with Gasteiger partial charge in [0.2, 0.25) is 0 Å². The Balaban J connectivity index is 2.84. The number of aryl methyl sites for hydroxylation is 1. The highest BCUT2D eigenvalue weighted by Crippen LogP contribution is 2.15. The summed E-state index contributed by atoms with van der Waals surface area (Å²) in [5, 5.41) is 9.05. The van der Waals surface area contributed by atoms with Crippen molar-refractivity contribution in [1.82, 2.24) is 0 Å². The third-order valence-electron chi connectivity index (χ3n) is 2.01. The first-order valence-electron chi connectivity index (χ1n) is 4.51. The minimum absolute atomic E-state index is 0.0947. The first-order chi connectivity index (χ1) is 6.13. The van der Waals surface area contributed by atoms with E-state index in [0.717, 1.165) is 17.1 Å². The van der Waals surface area contributed by atoms with Gasteiger partial charge in [0, 0.05) is 0 Å². The van der Waals surface area contributed by atoms with Crippen LogP contribution in [0.25, 0.3) is 6.08 Å². The quantitative estimate of drug-likeness (QED) is 0.775. The zero-order valence-corrected chi connectivity index (χ0v) is 8.37.